The number of pyridine rings is 4. The van der Waals surface area contributed by atoms with Crippen LogP contribution in [0.4, 0.5) is 0 Å². The first-order valence-corrected chi connectivity index (χ1v) is 41.6. The average molecular weight is 2220 g/mol. The van der Waals surface area contributed by atoms with Crippen LogP contribution in [0.15, 0.2) is 390 Å². The fraction of sp³-hybridized carbons (Fsp3) is 0. The Labute approximate surface area is 784 Å². The van der Waals surface area contributed by atoms with Crippen LogP contribution >= 0.6 is 0 Å². The van der Waals surface area contributed by atoms with Gasteiger partial charge in [-0.25, -0.2) is 15.0 Å². The molecule has 0 N–H and O–H groups in total. The third kappa shape index (κ3) is 13.4. The van der Waals surface area contributed by atoms with Crippen LogP contribution in [0.5, 0.6) is 0 Å². The van der Waals surface area contributed by atoms with Crippen molar-refractivity contribution in [2.75, 3.05) is 0 Å². The van der Waals surface area contributed by atoms with Crippen molar-refractivity contribution in [1.82, 2.24) is 96.2 Å². The van der Waals surface area contributed by atoms with E-state index in [4.69, 9.17) is 30.2 Å². The van der Waals surface area contributed by atoms with Gasteiger partial charge in [0.15, 0.2) is 0 Å². The van der Waals surface area contributed by atoms with E-state index in [-0.39, 0.29) is 63.2 Å². The minimum atomic E-state index is 0. The van der Waals surface area contributed by atoms with Crippen LogP contribution in [-0.4, -0.2) is 96.2 Å². The Kier molecular flexibility index (Phi) is 20.4. The molecule has 0 bridgehead atoms. The smallest absolute Gasteiger partial charge is 0.358 e. The summed E-state index contributed by atoms with van der Waals surface area (Å²) in [4.78, 5) is 18.7. The summed E-state index contributed by atoms with van der Waals surface area (Å²) >= 11 is 0. The first kappa shape index (κ1) is 80.0. The van der Waals surface area contributed by atoms with E-state index in [0.29, 0.717) is 0 Å². The molecule has 0 saturated heterocycles. The largest absolute Gasteiger partial charge is 2.00 e. The van der Waals surface area contributed by atoms with E-state index in [1.807, 2.05) is 177 Å². The van der Waals surface area contributed by atoms with Crippen molar-refractivity contribution >= 4 is 131 Å². The molecule has 15 aromatic heterocycles. The van der Waals surface area contributed by atoms with Gasteiger partial charge in [0, 0.05) is 98.4 Å². The Bertz CT molecular complexity index is 8810. The number of hydrogen-bond donors (Lipinski definition) is 0. The molecule has 130 heavy (non-hydrogen) atoms. The van der Waals surface area contributed by atoms with Crippen molar-refractivity contribution in [1.29, 1.82) is 0 Å². The molecular weight excluding hydrogens is 2150 g/mol. The van der Waals surface area contributed by atoms with Crippen LogP contribution in [-0.2, 0) is 63.2 Å². The van der Waals surface area contributed by atoms with Crippen molar-refractivity contribution in [3.05, 3.63) is 426 Å². The Morgan fingerprint density at radius 1 is 0.192 bits per heavy atom. The second-order valence-electron chi connectivity index (χ2n) is 30.9. The molecule has 0 unspecified atom stereocenters. The van der Waals surface area contributed by atoms with Crippen molar-refractivity contribution in [3.8, 4) is 73.8 Å². The molecule has 0 atom stereocenters. The first-order chi connectivity index (χ1) is 63.0. The standard InChI is InChI=1S/C37H22N6.2C35H21N7.3Pt/c1-3-15-34-29(11-1)31-18-17-26(22-36(31)42(34)27-10-7-9-25(21-27)33-14-5-6-19-38-33)41-24-28(23-40-41)43-35-16-4-2-12-30(35)32-13-8-20-39-37(32)43;1-3-13-32-28(10-1)30-16-15-25(39-19-7-18-37-39)21-34(30)41(32)26-9-5-8-24(20-26)40-23-27(22-38-40)42-33-14-4-2-11-29(33)31-12-6-17-36-35(31)42;1-3-13-32-28(10-1)30-16-15-25(21-34(30)41(32)26-9-5-8-24(20-26)39-19-7-18-37-39)40-23-27(22-38-40)42-33-14-4-2-11-29(33)31-12-6-17-36-35(31)42;;;/h1-20,23-24H;2*1-19,22-23H;;;/q3*-2;3*+2. The van der Waals surface area contributed by atoms with Gasteiger partial charge < -0.3 is 18.7 Å². The van der Waals surface area contributed by atoms with Crippen LogP contribution in [0.3, 0.4) is 0 Å². The Morgan fingerprint density at radius 2 is 0.492 bits per heavy atom. The van der Waals surface area contributed by atoms with Crippen molar-refractivity contribution < 1.29 is 63.2 Å². The van der Waals surface area contributed by atoms with E-state index < -0.39 is 0 Å². The van der Waals surface area contributed by atoms with Gasteiger partial charge in [-0.15, -0.1) is 119 Å². The number of rotatable bonds is 12. The van der Waals surface area contributed by atoms with Crippen molar-refractivity contribution in [2.24, 2.45) is 0 Å². The van der Waals surface area contributed by atoms with Crippen molar-refractivity contribution in [3.63, 3.8) is 0 Å². The fourth-order valence-corrected chi connectivity index (χ4v) is 18.2. The molecule has 0 fully saturated rings. The average Bonchev–Trinajstić information content (AvgIpc) is 1.57. The number of benzene rings is 12. The molecule has 15 heterocycles. The molecule has 0 spiro atoms. The van der Waals surface area contributed by atoms with Gasteiger partial charge in [-0.1, -0.05) is 149 Å². The van der Waals surface area contributed by atoms with Crippen LogP contribution < -0.4 is 0 Å². The quantitative estimate of drug-likeness (QED) is 0.108. The van der Waals surface area contributed by atoms with Crippen molar-refractivity contribution in [2.45, 2.75) is 0 Å². The topological polar surface area (TPSA) is 170 Å². The third-order valence-corrected chi connectivity index (χ3v) is 23.7. The van der Waals surface area contributed by atoms with Gasteiger partial charge in [-0.05, 0) is 147 Å². The van der Waals surface area contributed by atoms with Crippen LogP contribution in [0.1, 0.15) is 0 Å². The maximum absolute atomic E-state index is 4.78. The van der Waals surface area contributed by atoms with E-state index in [1.54, 1.807) is 12.4 Å². The summed E-state index contributed by atoms with van der Waals surface area (Å²) in [7, 11) is 0. The summed E-state index contributed by atoms with van der Waals surface area (Å²) in [5.74, 6) is 0. The molecule has 622 valence electrons. The summed E-state index contributed by atoms with van der Waals surface area (Å²) in [6, 6.07) is 125. The zero-order valence-electron chi connectivity index (χ0n) is 68.3. The molecule has 0 aliphatic rings. The number of aromatic nitrogens is 20. The number of para-hydroxylation sites is 6. The molecule has 12 aromatic carbocycles. The SMILES string of the molecule is [Pt+2].[Pt+2].[Pt+2].[c-]1c(-c2ccccn2)cccc1-n1c2[c-]c(-n3cc(-n4c5ccccc5c5cccnc54)cn3)ccc2c2ccccc21.[c-]1c(-n2cc(-n3c4ccccc4c4cccnc43)cn2)cccc1-n1c2[c-]c(-n3cccn3)ccc2c2ccccc21.[c-]1c(-n2cccn2)cccc1-n1c2[c-]c(-n3cc(-n4c5ccccc5c5cccnc54)cn3)ccc2c2ccccc21. The molecule has 0 amide bonds. The Balaban J connectivity index is 0.000000113. The van der Waals surface area contributed by atoms with Gasteiger partial charge in [0.1, 0.15) is 16.9 Å². The first-order valence-electron chi connectivity index (χ1n) is 41.6. The minimum Gasteiger partial charge on any atom is -0.358 e. The maximum atomic E-state index is 4.78. The molecule has 0 aliphatic carbocycles. The second kappa shape index (κ2) is 33.2. The molecule has 0 aliphatic heterocycles. The summed E-state index contributed by atoms with van der Waals surface area (Å²) in [5.41, 5.74) is 23.8. The van der Waals surface area contributed by atoms with Crippen LogP contribution in [0, 0.1) is 36.4 Å². The minimum absolute atomic E-state index is 0. The predicted octanol–water partition coefficient (Wildman–Crippen LogP) is 22.6. The summed E-state index contributed by atoms with van der Waals surface area (Å²) in [6.45, 7) is 0. The Hall–Kier alpha value is -15.8. The van der Waals surface area contributed by atoms with E-state index in [1.165, 1.54) is 16.2 Å². The monoisotopic (exact) mass is 2210 g/mol. The molecule has 0 radical (unpaired) electrons. The van der Waals surface area contributed by atoms with Gasteiger partial charge in [-0.2, -0.15) is 55.8 Å². The molecule has 0 saturated carbocycles. The van der Waals surface area contributed by atoms with Gasteiger partial charge >= 0.3 is 63.2 Å². The zero-order valence-corrected chi connectivity index (χ0v) is 75.2. The molecule has 27 aromatic rings. The summed E-state index contributed by atoms with van der Waals surface area (Å²) < 4.78 is 22.4. The predicted molar refractivity (Wildman–Crippen MR) is 501 cm³/mol. The zero-order chi connectivity index (χ0) is 83.6. The molecule has 27 rings (SSSR count). The van der Waals surface area contributed by atoms with E-state index >= 15 is 0 Å². The Morgan fingerprint density at radius 3 is 0.854 bits per heavy atom. The number of nitrogens with zero attached hydrogens (tertiary/aromatic N) is 20. The molecular formula is C107H64N20Pt3. The van der Waals surface area contributed by atoms with Gasteiger partial charge in [0.25, 0.3) is 0 Å². The molecule has 23 heteroatoms. The van der Waals surface area contributed by atoms with E-state index in [0.717, 1.165) is 189 Å². The normalized spacial score (nSPS) is 11.5. The van der Waals surface area contributed by atoms with Crippen LogP contribution in [0.25, 0.3) is 205 Å². The summed E-state index contributed by atoms with van der Waals surface area (Å²) in [5, 5.41) is 36.8. The van der Waals surface area contributed by atoms with Gasteiger partial charge in [0.05, 0.1) is 70.8 Å². The van der Waals surface area contributed by atoms with Crippen LogP contribution in [0.2, 0.25) is 0 Å². The van der Waals surface area contributed by atoms with Gasteiger partial charge in [0.2, 0.25) is 0 Å². The number of hydrogen-bond acceptors (Lipinski definition) is 9. The second-order valence-corrected chi connectivity index (χ2v) is 30.9. The third-order valence-electron chi connectivity index (χ3n) is 23.7. The summed E-state index contributed by atoms with van der Waals surface area (Å²) in [6.07, 6.45) is 26.5. The van der Waals surface area contributed by atoms with E-state index in [2.05, 4.69) is 303 Å². The fourth-order valence-electron chi connectivity index (χ4n) is 18.2. The van der Waals surface area contributed by atoms with Gasteiger partial charge in [-0.3, -0.25) is 37.1 Å². The molecule has 20 nitrogen and oxygen atoms in total. The number of fused-ring (bicyclic) bond motifs is 18. The maximum Gasteiger partial charge on any atom is 2.00 e. The van der Waals surface area contributed by atoms with E-state index in [9.17, 15) is 0 Å².